The molecule has 2 aromatic heterocycles. The first-order valence-corrected chi connectivity index (χ1v) is 14.9. The molecule has 0 saturated heterocycles. The summed E-state index contributed by atoms with van der Waals surface area (Å²) in [6.07, 6.45) is 7.78. The number of hydrogen-bond donors (Lipinski definition) is 1. The van der Waals surface area contributed by atoms with Gasteiger partial charge in [0.2, 0.25) is 0 Å². The maximum atomic E-state index is 15.5. The highest BCUT2D eigenvalue weighted by atomic mass is 19.1. The van der Waals surface area contributed by atoms with Crippen LogP contribution in [0.2, 0.25) is 0 Å². The van der Waals surface area contributed by atoms with Crippen LogP contribution in [0.5, 0.6) is 5.75 Å². The Morgan fingerprint density at radius 2 is 1.98 bits per heavy atom. The van der Waals surface area contributed by atoms with E-state index in [0.29, 0.717) is 41.2 Å². The van der Waals surface area contributed by atoms with Crippen molar-refractivity contribution in [3.8, 4) is 17.0 Å². The highest BCUT2D eigenvalue weighted by Crippen LogP contribution is 2.42. The smallest absolute Gasteiger partial charge is 0.337 e. The molecule has 1 aliphatic heterocycles. The average molecular weight is 567 g/mol. The number of hydrogen-bond acceptors (Lipinski definition) is 6. The summed E-state index contributed by atoms with van der Waals surface area (Å²) in [5, 5.41) is 15.3. The average Bonchev–Trinajstić information content (AvgIpc) is 3.58. The zero-order chi connectivity index (χ0) is 29.5. The molecule has 222 valence electrons. The van der Waals surface area contributed by atoms with Crippen LogP contribution in [0.15, 0.2) is 12.1 Å². The quantitative estimate of drug-likeness (QED) is 0.304. The number of carboxylic acids is 1. The summed E-state index contributed by atoms with van der Waals surface area (Å²) in [5.41, 5.74) is 3.41. The Balaban J connectivity index is 1.66. The van der Waals surface area contributed by atoms with Gasteiger partial charge in [0.1, 0.15) is 0 Å². The molecule has 0 spiro atoms. The number of carbonyl (C=O) groups is 1. The molecule has 1 aromatic carbocycles. The highest BCUT2D eigenvalue weighted by Gasteiger charge is 2.34. The highest BCUT2D eigenvalue weighted by molar-refractivity contribution is 5.82. The molecule has 1 aliphatic carbocycles. The fraction of sp³-hybridized carbons (Fsp3) is 0.594. The molecule has 9 heteroatoms. The first-order chi connectivity index (χ1) is 19.4. The summed E-state index contributed by atoms with van der Waals surface area (Å²) in [4.78, 5) is 19.6. The molecule has 3 heterocycles. The van der Waals surface area contributed by atoms with E-state index >= 15 is 4.39 Å². The number of anilines is 1. The maximum absolute atomic E-state index is 15.5. The zero-order valence-electron chi connectivity index (χ0n) is 25.2. The van der Waals surface area contributed by atoms with Gasteiger partial charge in [0.05, 0.1) is 17.9 Å². The Morgan fingerprint density at radius 1 is 1.24 bits per heavy atom. The molecule has 3 aromatic rings. The van der Waals surface area contributed by atoms with E-state index in [-0.39, 0.29) is 5.75 Å². The lowest BCUT2D eigenvalue weighted by Gasteiger charge is -2.28. The number of rotatable bonds is 9. The van der Waals surface area contributed by atoms with Crippen LogP contribution in [0.25, 0.3) is 16.9 Å². The van der Waals surface area contributed by atoms with Crippen molar-refractivity contribution < 1.29 is 23.8 Å². The van der Waals surface area contributed by atoms with Crippen LogP contribution in [-0.2, 0) is 16.0 Å². The van der Waals surface area contributed by atoms with Gasteiger partial charge in [-0.3, -0.25) is 0 Å². The number of aromatic nitrogens is 3. The first kappa shape index (κ1) is 29.3. The Bertz CT molecular complexity index is 1440. The molecule has 1 fully saturated rings. The molecule has 0 unspecified atom stereocenters. The summed E-state index contributed by atoms with van der Waals surface area (Å²) in [6.45, 7) is 10.5. The Kier molecular flexibility index (Phi) is 8.28. The SMILES string of the molecule is Cc1nc2cc(N(C)CCCC3CCCC3)nn2c(-c2cc(F)c3c(c2C)CCCO3)c1[C@H](OC(C)(C)C)C(=O)O. The van der Waals surface area contributed by atoms with Crippen molar-refractivity contribution in [2.45, 2.75) is 97.7 Å². The van der Waals surface area contributed by atoms with E-state index in [0.717, 1.165) is 42.2 Å². The Morgan fingerprint density at radius 3 is 2.66 bits per heavy atom. The third-order valence-corrected chi connectivity index (χ3v) is 8.44. The number of halogens is 1. The second-order valence-electron chi connectivity index (χ2n) is 12.7. The van der Waals surface area contributed by atoms with Gasteiger partial charge in [-0.1, -0.05) is 25.7 Å². The molecular weight excluding hydrogens is 523 g/mol. The van der Waals surface area contributed by atoms with E-state index < -0.39 is 23.5 Å². The molecule has 0 radical (unpaired) electrons. The second-order valence-corrected chi connectivity index (χ2v) is 12.7. The molecule has 5 rings (SSSR count). The molecule has 1 saturated carbocycles. The minimum absolute atomic E-state index is 0.282. The van der Waals surface area contributed by atoms with Gasteiger partial charge < -0.3 is 19.5 Å². The molecule has 8 nitrogen and oxygen atoms in total. The molecular formula is C32H43FN4O4. The van der Waals surface area contributed by atoms with Crippen molar-refractivity contribution >= 4 is 17.4 Å². The van der Waals surface area contributed by atoms with Crippen LogP contribution in [0.4, 0.5) is 10.2 Å². The molecule has 41 heavy (non-hydrogen) atoms. The summed E-state index contributed by atoms with van der Waals surface area (Å²) >= 11 is 0. The number of carboxylic acid groups (broad SMARTS) is 1. The summed E-state index contributed by atoms with van der Waals surface area (Å²) in [7, 11) is 2.02. The minimum Gasteiger partial charge on any atom is -0.490 e. The van der Waals surface area contributed by atoms with Crippen LogP contribution >= 0.6 is 0 Å². The van der Waals surface area contributed by atoms with Crippen molar-refractivity contribution in [2.75, 3.05) is 25.1 Å². The Labute approximate surface area is 241 Å². The van der Waals surface area contributed by atoms with E-state index in [4.69, 9.17) is 19.6 Å². The fourth-order valence-corrected chi connectivity index (χ4v) is 6.40. The van der Waals surface area contributed by atoms with Gasteiger partial charge in [-0.15, -0.1) is 5.10 Å². The predicted molar refractivity (Wildman–Crippen MR) is 157 cm³/mol. The van der Waals surface area contributed by atoms with Gasteiger partial charge >= 0.3 is 5.97 Å². The maximum Gasteiger partial charge on any atom is 0.337 e. The van der Waals surface area contributed by atoms with E-state index in [2.05, 4.69) is 4.90 Å². The van der Waals surface area contributed by atoms with Crippen molar-refractivity contribution in [1.29, 1.82) is 0 Å². The van der Waals surface area contributed by atoms with Gasteiger partial charge in [0.25, 0.3) is 0 Å². The van der Waals surface area contributed by atoms with Crippen LogP contribution in [0.3, 0.4) is 0 Å². The number of ether oxygens (including phenoxy) is 2. The summed E-state index contributed by atoms with van der Waals surface area (Å²) < 4.78 is 29.0. The third kappa shape index (κ3) is 6.05. The minimum atomic E-state index is -1.33. The van der Waals surface area contributed by atoms with Crippen molar-refractivity contribution in [3.63, 3.8) is 0 Å². The number of aryl methyl sites for hydroxylation is 1. The topological polar surface area (TPSA) is 89.2 Å². The monoisotopic (exact) mass is 566 g/mol. The molecule has 2 aliphatic rings. The van der Waals surface area contributed by atoms with Gasteiger partial charge in [-0.25, -0.2) is 18.7 Å². The van der Waals surface area contributed by atoms with Crippen LogP contribution in [-0.4, -0.2) is 51.5 Å². The summed E-state index contributed by atoms with van der Waals surface area (Å²) in [5.74, 6) is 0.245. The summed E-state index contributed by atoms with van der Waals surface area (Å²) in [6, 6.07) is 3.36. The van der Waals surface area contributed by atoms with Gasteiger partial charge in [-0.05, 0) is 77.8 Å². The van der Waals surface area contributed by atoms with E-state index in [1.807, 2.05) is 40.8 Å². The van der Waals surface area contributed by atoms with E-state index in [1.54, 1.807) is 11.4 Å². The van der Waals surface area contributed by atoms with E-state index in [1.165, 1.54) is 38.2 Å². The normalized spacial score (nSPS) is 16.6. The van der Waals surface area contributed by atoms with Crippen LogP contribution < -0.4 is 9.64 Å². The lowest BCUT2D eigenvalue weighted by atomic mass is 9.91. The number of nitrogens with zero attached hydrogens (tertiary/aromatic N) is 4. The lowest BCUT2D eigenvalue weighted by molar-refractivity contribution is -0.160. The van der Waals surface area contributed by atoms with E-state index in [9.17, 15) is 9.90 Å². The first-order valence-electron chi connectivity index (χ1n) is 14.9. The zero-order valence-corrected chi connectivity index (χ0v) is 25.2. The van der Waals surface area contributed by atoms with Crippen molar-refractivity contribution in [3.05, 3.63) is 40.3 Å². The van der Waals surface area contributed by atoms with Crippen LogP contribution in [0.1, 0.15) is 94.2 Å². The van der Waals surface area contributed by atoms with Gasteiger partial charge in [0.15, 0.2) is 29.1 Å². The predicted octanol–water partition coefficient (Wildman–Crippen LogP) is 6.82. The fourth-order valence-electron chi connectivity index (χ4n) is 6.40. The molecule has 0 amide bonds. The molecule has 1 N–H and O–H groups in total. The second kappa shape index (κ2) is 11.6. The Hall–Kier alpha value is -3.20. The number of benzene rings is 1. The lowest BCUT2D eigenvalue weighted by Crippen LogP contribution is -2.29. The largest absolute Gasteiger partial charge is 0.490 e. The van der Waals surface area contributed by atoms with Gasteiger partial charge in [0, 0.05) is 42.0 Å². The van der Waals surface area contributed by atoms with Crippen molar-refractivity contribution in [2.24, 2.45) is 5.92 Å². The third-order valence-electron chi connectivity index (χ3n) is 8.44. The molecule has 1 atom stereocenters. The van der Waals surface area contributed by atoms with Crippen LogP contribution in [0, 0.1) is 25.6 Å². The standard InChI is InChI=1S/C32H43FN4O4/c1-19-22-14-10-16-40-29(22)24(33)17-23(19)28-27(30(31(38)39)41-32(3,4)5)20(2)34-25-18-26(35-37(25)28)36(6)15-9-13-21-11-7-8-12-21/h17-18,21,30H,7-16H2,1-6H3,(H,38,39)/t30-/m0/s1. The molecule has 0 bridgehead atoms. The number of aliphatic carboxylic acids is 1. The van der Waals surface area contributed by atoms with Gasteiger partial charge in [-0.2, -0.15) is 0 Å². The number of fused-ring (bicyclic) bond motifs is 2. The van der Waals surface area contributed by atoms with Crippen molar-refractivity contribution in [1.82, 2.24) is 14.6 Å².